The molecule has 0 unspecified atom stereocenters. The third kappa shape index (κ3) is 4.59. The summed E-state index contributed by atoms with van der Waals surface area (Å²) < 4.78 is 5.83. The molecule has 0 aromatic heterocycles. The molecular weight excluding hydrogens is 332 g/mol. The van der Waals surface area contributed by atoms with Gasteiger partial charge in [-0.25, -0.2) is 0 Å². The van der Waals surface area contributed by atoms with E-state index in [2.05, 4.69) is 33.2 Å². The highest BCUT2D eigenvalue weighted by Crippen LogP contribution is 2.35. The maximum absolute atomic E-state index is 9.79. The van der Waals surface area contributed by atoms with Crippen LogP contribution < -0.4 is 10.1 Å². The van der Waals surface area contributed by atoms with E-state index in [1.54, 1.807) is 7.11 Å². The molecule has 1 aliphatic rings. The van der Waals surface area contributed by atoms with Gasteiger partial charge in [0.15, 0.2) is 11.5 Å². The number of hydrogen-bond acceptors (Lipinski definition) is 4. The molecule has 0 spiro atoms. The van der Waals surface area contributed by atoms with Crippen molar-refractivity contribution in [2.24, 2.45) is 0 Å². The van der Waals surface area contributed by atoms with Crippen LogP contribution in [0.25, 0.3) is 0 Å². The number of benzene rings is 1. The monoisotopic (exact) mass is 356 g/mol. The lowest BCUT2D eigenvalue weighted by Crippen LogP contribution is -2.35. The molecule has 0 radical (unpaired) electrons. The van der Waals surface area contributed by atoms with E-state index < -0.39 is 0 Å². The summed E-state index contributed by atoms with van der Waals surface area (Å²) >= 11 is 3.35. The number of ether oxygens (including phenoxy) is 1. The fourth-order valence-corrected chi connectivity index (χ4v) is 3.39. The first-order valence-corrected chi connectivity index (χ1v) is 8.37. The van der Waals surface area contributed by atoms with Gasteiger partial charge in [-0.1, -0.05) is 12.8 Å². The van der Waals surface area contributed by atoms with Crippen LogP contribution in [-0.4, -0.2) is 43.3 Å². The van der Waals surface area contributed by atoms with Gasteiger partial charge in [0, 0.05) is 25.7 Å². The zero-order valence-corrected chi connectivity index (χ0v) is 14.4. The number of rotatable bonds is 7. The topological polar surface area (TPSA) is 44.7 Å². The molecule has 0 heterocycles. The summed E-state index contributed by atoms with van der Waals surface area (Å²) in [5.41, 5.74) is 1.10. The summed E-state index contributed by atoms with van der Waals surface area (Å²) in [4.78, 5) is 2.47. The van der Waals surface area contributed by atoms with Gasteiger partial charge in [-0.3, -0.25) is 0 Å². The smallest absolute Gasteiger partial charge is 0.172 e. The van der Waals surface area contributed by atoms with Crippen molar-refractivity contribution in [2.45, 2.75) is 38.3 Å². The zero-order valence-electron chi connectivity index (χ0n) is 12.9. The molecule has 2 N–H and O–H groups in total. The number of aromatic hydroxyl groups is 1. The van der Waals surface area contributed by atoms with Crippen LogP contribution in [0, 0.1) is 0 Å². The largest absolute Gasteiger partial charge is 0.503 e. The van der Waals surface area contributed by atoms with Gasteiger partial charge < -0.3 is 20.1 Å². The van der Waals surface area contributed by atoms with Gasteiger partial charge in [0.25, 0.3) is 0 Å². The highest BCUT2D eigenvalue weighted by atomic mass is 79.9. The van der Waals surface area contributed by atoms with E-state index in [-0.39, 0.29) is 5.75 Å². The maximum Gasteiger partial charge on any atom is 0.172 e. The van der Waals surface area contributed by atoms with E-state index in [4.69, 9.17) is 4.74 Å². The van der Waals surface area contributed by atoms with Gasteiger partial charge in [-0.15, -0.1) is 0 Å². The molecule has 21 heavy (non-hydrogen) atoms. The summed E-state index contributed by atoms with van der Waals surface area (Å²) in [7, 11) is 3.78. The van der Waals surface area contributed by atoms with Crippen molar-refractivity contribution < 1.29 is 9.84 Å². The molecule has 1 aliphatic carbocycles. The molecule has 0 amide bonds. The normalized spacial score (nSPS) is 15.8. The second-order valence-corrected chi connectivity index (χ2v) is 6.58. The molecular formula is C16H25BrN2O2. The van der Waals surface area contributed by atoms with Crippen molar-refractivity contribution in [3.63, 3.8) is 0 Å². The lowest BCUT2D eigenvalue weighted by atomic mass is 10.2. The number of phenols is 1. The summed E-state index contributed by atoms with van der Waals surface area (Å²) in [6.07, 6.45) is 5.45. The Kier molecular flexibility index (Phi) is 6.33. The average molecular weight is 357 g/mol. The van der Waals surface area contributed by atoms with Gasteiger partial charge in [0.05, 0.1) is 11.6 Å². The molecule has 1 saturated carbocycles. The van der Waals surface area contributed by atoms with Crippen LogP contribution >= 0.6 is 15.9 Å². The van der Waals surface area contributed by atoms with Crippen LogP contribution in [0.3, 0.4) is 0 Å². The van der Waals surface area contributed by atoms with Gasteiger partial charge in [-0.2, -0.15) is 0 Å². The molecule has 4 nitrogen and oxygen atoms in total. The van der Waals surface area contributed by atoms with E-state index in [0.29, 0.717) is 10.2 Å². The molecule has 2 rings (SSSR count). The van der Waals surface area contributed by atoms with Crippen molar-refractivity contribution in [3.8, 4) is 11.5 Å². The Morgan fingerprint density at radius 2 is 2.10 bits per heavy atom. The molecule has 0 bridgehead atoms. The highest BCUT2D eigenvalue weighted by molar-refractivity contribution is 9.10. The Morgan fingerprint density at radius 3 is 2.76 bits per heavy atom. The lowest BCUT2D eigenvalue weighted by Gasteiger charge is -2.24. The number of nitrogens with zero attached hydrogens (tertiary/aromatic N) is 1. The third-order valence-corrected chi connectivity index (χ3v) is 4.83. The van der Waals surface area contributed by atoms with Crippen LogP contribution in [0.5, 0.6) is 11.5 Å². The van der Waals surface area contributed by atoms with E-state index in [1.165, 1.54) is 25.7 Å². The Labute approximate surface area is 135 Å². The lowest BCUT2D eigenvalue weighted by molar-refractivity contribution is 0.245. The van der Waals surface area contributed by atoms with Crippen LogP contribution in [-0.2, 0) is 6.54 Å². The minimum Gasteiger partial charge on any atom is -0.503 e. The molecule has 1 aromatic carbocycles. The standard InChI is InChI=1S/C16H25BrN2O2/c1-19(13-5-3-4-6-13)8-7-18-11-12-9-14(17)16(20)15(10-12)21-2/h9-10,13,18,20H,3-8,11H2,1-2H3. The fourth-order valence-electron chi connectivity index (χ4n) is 2.90. The molecule has 1 aromatic rings. The van der Waals surface area contributed by atoms with Crippen LogP contribution in [0.1, 0.15) is 31.2 Å². The molecule has 0 atom stereocenters. The minimum absolute atomic E-state index is 0.155. The van der Waals surface area contributed by atoms with Crippen LogP contribution in [0.2, 0.25) is 0 Å². The first-order chi connectivity index (χ1) is 10.1. The van der Waals surface area contributed by atoms with Gasteiger partial charge in [-0.05, 0) is 53.5 Å². The van der Waals surface area contributed by atoms with Crippen molar-refractivity contribution >= 4 is 15.9 Å². The molecule has 118 valence electrons. The van der Waals surface area contributed by atoms with E-state index in [9.17, 15) is 5.11 Å². The summed E-state index contributed by atoms with van der Waals surface area (Å²) in [6, 6.07) is 4.56. The Balaban J connectivity index is 1.76. The van der Waals surface area contributed by atoms with Crippen molar-refractivity contribution in [3.05, 3.63) is 22.2 Å². The predicted molar refractivity (Wildman–Crippen MR) is 89.0 cm³/mol. The quantitative estimate of drug-likeness (QED) is 0.736. The van der Waals surface area contributed by atoms with E-state index >= 15 is 0 Å². The van der Waals surface area contributed by atoms with Crippen molar-refractivity contribution in [2.75, 3.05) is 27.2 Å². The summed E-state index contributed by atoms with van der Waals surface area (Å²) in [5, 5.41) is 13.2. The predicted octanol–water partition coefficient (Wildman–Crippen LogP) is 3.13. The number of nitrogens with one attached hydrogen (secondary N) is 1. The second-order valence-electron chi connectivity index (χ2n) is 5.72. The molecule has 0 aliphatic heterocycles. The molecule has 1 fully saturated rings. The number of phenolic OH excluding ortho intramolecular Hbond substituents is 1. The third-order valence-electron chi connectivity index (χ3n) is 4.23. The van der Waals surface area contributed by atoms with Gasteiger partial charge in [0.1, 0.15) is 0 Å². The maximum atomic E-state index is 9.79. The first-order valence-electron chi connectivity index (χ1n) is 7.58. The fraction of sp³-hybridized carbons (Fsp3) is 0.625. The Hall–Kier alpha value is -0.780. The van der Waals surface area contributed by atoms with E-state index in [1.807, 2.05) is 12.1 Å². The highest BCUT2D eigenvalue weighted by Gasteiger charge is 2.18. The zero-order chi connectivity index (χ0) is 15.2. The summed E-state index contributed by atoms with van der Waals surface area (Å²) in [5.74, 6) is 0.659. The Morgan fingerprint density at radius 1 is 1.38 bits per heavy atom. The number of likely N-dealkylation sites (N-methyl/N-ethyl adjacent to an activating group) is 1. The van der Waals surface area contributed by atoms with Gasteiger partial charge >= 0.3 is 0 Å². The number of hydrogen-bond donors (Lipinski definition) is 2. The average Bonchev–Trinajstić information content (AvgIpc) is 3.01. The summed E-state index contributed by atoms with van der Waals surface area (Å²) in [6.45, 7) is 2.81. The second kappa shape index (κ2) is 8.01. The first kappa shape index (κ1) is 16.6. The van der Waals surface area contributed by atoms with E-state index in [0.717, 1.165) is 31.2 Å². The minimum atomic E-state index is 0.155. The molecule has 0 saturated heterocycles. The van der Waals surface area contributed by atoms with Gasteiger partial charge in [0.2, 0.25) is 0 Å². The Bertz CT molecular complexity index is 462. The number of methoxy groups -OCH3 is 1. The van der Waals surface area contributed by atoms with Crippen molar-refractivity contribution in [1.29, 1.82) is 0 Å². The SMILES string of the molecule is COc1cc(CNCCN(C)C2CCCC2)cc(Br)c1O. The van der Waals surface area contributed by atoms with Crippen LogP contribution in [0.15, 0.2) is 16.6 Å². The van der Waals surface area contributed by atoms with Crippen LogP contribution in [0.4, 0.5) is 0 Å². The number of halogens is 1. The molecule has 5 heteroatoms. The van der Waals surface area contributed by atoms with Crippen molar-refractivity contribution in [1.82, 2.24) is 10.2 Å².